The molecule has 1 heterocycles. The van der Waals surface area contributed by atoms with Crippen molar-refractivity contribution in [2.24, 2.45) is 0 Å². The van der Waals surface area contributed by atoms with Crippen molar-refractivity contribution >= 4 is 11.6 Å². The molecule has 226 valence electrons. The van der Waals surface area contributed by atoms with E-state index in [1.807, 2.05) is 0 Å². The van der Waals surface area contributed by atoms with Crippen molar-refractivity contribution in [3.8, 4) is 0 Å². The van der Waals surface area contributed by atoms with E-state index in [0.29, 0.717) is 36.9 Å². The van der Waals surface area contributed by atoms with Crippen molar-refractivity contribution in [3.63, 3.8) is 0 Å². The van der Waals surface area contributed by atoms with Crippen LogP contribution < -0.4 is 10.6 Å². The number of benzene rings is 1. The molecule has 2 aliphatic rings. The molecule has 1 saturated heterocycles. The smallest absolute Gasteiger partial charge is 0.224 e. The Bertz CT molecular complexity index is 944. The molecule has 3 unspecified atom stereocenters. The monoisotopic (exact) mass is 572 g/mol. The number of carbonyl (C=O) groups is 1. The van der Waals surface area contributed by atoms with Crippen LogP contribution >= 0.6 is 0 Å². The summed E-state index contributed by atoms with van der Waals surface area (Å²) in [6.45, 7) is 3.04. The van der Waals surface area contributed by atoms with Crippen molar-refractivity contribution in [2.45, 2.75) is 56.3 Å². The minimum Gasteiger partial charge on any atom is -0.493 e. The SMILES string of the molecule is CCOC1=C(Nc2ccc(CC(=O)NCCOCCOCCOC3O[C@H](CO)[C@@H](O)[C@H](O)[C@@H]3O)cc2)C(O)C1O. The summed E-state index contributed by atoms with van der Waals surface area (Å²) in [6, 6.07) is 7.13. The summed E-state index contributed by atoms with van der Waals surface area (Å²) in [5.74, 6) is 0.165. The van der Waals surface area contributed by atoms with E-state index in [2.05, 4.69) is 10.6 Å². The highest BCUT2D eigenvalue weighted by atomic mass is 16.7. The fourth-order valence-corrected chi connectivity index (χ4v) is 4.09. The van der Waals surface area contributed by atoms with Gasteiger partial charge >= 0.3 is 0 Å². The standard InChI is InChI=1S/C26H40N2O12/c1-2-38-25-19(21(32)23(25)34)28-16-5-3-15(4-6-16)13-18(30)27-7-8-36-9-10-37-11-12-39-26-24(35)22(33)20(31)17(14-29)40-26/h3-6,17,20-24,26,28-29,31-35H,2,7-14H2,1H3,(H,27,30)/t17-,20-,21?,22+,23?,24+,26?/m1/s1. The molecule has 1 aliphatic heterocycles. The molecular formula is C26H40N2O12. The molecule has 14 heteroatoms. The number of anilines is 1. The van der Waals surface area contributed by atoms with Gasteiger partial charge < -0.3 is 65.0 Å². The zero-order chi connectivity index (χ0) is 29.1. The molecule has 1 fully saturated rings. The fraction of sp³-hybridized carbons (Fsp3) is 0.654. The van der Waals surface area contributed by atoms with E-state index in [4.69, 9.17) is 23.7 Å². The zero-order valence-corrected chi connectivity index (χ0v) is 22.3. The molecule has 0 aromatic heterocycles. The highest BCUT2D eigenvalue weighted by Gasteiger charge is 2.44. The number of amides is 1. The molecule has 1 aromatic rings. The maximum Gasteiger partial charge on any atom is 0.224 e. The number of carbonyl (C=O) groups excluding carboxylic acids is 1. The Hall–Kier alpha value is -2.37. The lowest BCUT2D eigenvalue weighted by molar-refractivity contribution is -0.302. The first-order valence-corrected chi connectivity index (χ1v) is 13.2. The van der Waals surface area contributed by atoms with Crippen LogP contribution in [-0.4, -0.2) is 132 Å². The Morgan fingerprint density at radius 1 is 0.900 bits per heavy atom. The van der Waals surface area contributed by atoms with E-state index >= 15 is 0 Å². The Morgan fingerprint density at radius 2 is 1.57 bits per heavy atom. The second-order valence-electron chi connectivity index (χ2n) is 9.24. The first-order valence-electron chi connectivity index (χ1n) is 13.2. The average Bonchev–Trinajstić information content (AvgIpc) is 2.96. The van der Waals surface area contributed by atoms with Crippen LogP contribution in [0.15, 0.2) is 35.7 Å². The van der Waals surface area contributed by atoms with Gasteiger partial charge in [-0.05, 0) is 24.6 Å². The van der Waals surface area contributed by atoms with Crippen LogP contribution in [0.2, 0.25) is 0 Å². The van der Waals surface area contributed by atoms with E-state index in [-0.39, 0.29) is 38.8 Å². The van der Waals surface area contributed by atoms with Crippen LogP contribution in [0.5, 0.6) is 0 Å². The number of ether oxygens (including phenoxy) is 5. The number of aliphatic hydroxyl groups excluding tert-OH is 6. The molecule has 7 atom stereocenters. The molecule has 0 radical (unpaired) electrons. The van der Waals surface area contributed by atoms with Gasteiger partial charge in [0, 0.05) is 12.2 Å². The number of hydrogen-bond donors (Lipinski definition) is 8. The summed E-state index contributed by atoms with van der Waals surface area (Å²) < 4.78 is 26.7. The number of nitrogens with one attached hydrogen (secondary N) is 2. The normalized spacial score (nSPS) is 28.2. The van der Waals surface area contributed by atoms with E-state index in [1.54, 1.807) is 31.2 Å². The van der Waals surface area contributed by atoms with Crippen molar-refractivity contribution < 1.29 is 59.1 Å². The molecule has 0 bridgehead atoms. The van der Waals surface area contributed by atoms with Crippen LogP contribution in [-0.2, 0) is 34.9 Å². The number of aliphatic hydroxyl groups is 6. The Kier molecular flexibility index (Phi) is 13.0. The lowest BCUT2D eigenvalue weighted by atomic mass is 9.95. The minimum atomic E-state index is -1.49. The van der Waals surface area contributed by atoms with Crippen molar-refractivity contribution in [1.29, 1.82) is 0 Å². The maximum atomic E-state index is 12.2. The Balaban J connectivity index is 1.21. The summed E-state index contributed by atoms with van der Waals surface area (Å²) in [4.78, 5) is 12.2. The van der Waals surface area contributed by atoms with Crippen LogP contribution in [0.1, 0.15) is 12.5 Å². The molecule has 1 aromatic carbocycles. The number of rotatable bonds is 17. The molecule has 14 nitrogen and oxygen atoms in total. The third-order valence-electron chi connectivity index (χ3n) is 6.33. The van der Waals surface area contributed by atoms with Crippen molar-refractivity contribution in [2.75, 3.05) is 58.1 Å². The summed E-state index contributed by atoms with van der Waals surface area (Å²) >= 11 is 0. The molecule has 1 amide bonds. The quantitative estimate of drug-likeness (QED) is 0.0916. The maximum absolute atomic E-state index is 12.2. The first kappa shape index (κ1) is 32.1. The lowest BCUT2D eigenvalue weighted by Gasteiger charge is -2.39. The van der Waals surface area contributed by atoms with Gasteiger partial charge in [0.1, 0.15) is 42.4 Å². The van der Waals surface area contributed by atoms with E-state index in [9.17, 15) is 35.4 Å². The average molecular weight is 573 g/mol. The van der Waals surface area contributed by atoms with Gasteiger partial charge in [0.2, 0.25) is 5.91 Å². The lowest BCUT2D eigenvalue weighted by Crippen LogP contribution is -2.59. The second-order valence-corrected chi connectivity index (χ2v) is 9.24. The Morgan fingerprint density at radius 3 is 2.25 bits per heavy atom. The van der Waals surface area contributed by atoms with Gasteiger partial charge in [-0.3, -0.25) is 4.79 Å². The van der Waals surface area contributed by atoms with Gasteiger partial charge in [0.25, 0.3) is 0 Å². The molecule has 40 heavy (non-hydrogen) atoms. The van der Waals surface area contributed by atoms with Crippen LogP contribution in [0, 0.1) is 0 Å². The van der Waals surface area contributed by atoms with E-state index < -0.39 is 49.5 Å². The predicted octanol–water partition coefficient (Wildman–Crippen LogP) is -2.41. The predicted molar refractivity (Wildman–Crippen MR) is 139 cm³/mol. The molecule has 0 saturated carbocycles. The highest BCUT2D eigenvalue weighted by Crippen LogP contribution is 2.31. The third kappa shape index (κ3) is 8.81. The highest BCUT2D eigenvalue weighted by molar-refractivity contribution is 5.78. The van der Waals surface area contributed by atoms with Gasteiger partial charge in [-0.25, -0.2) is 0 Å². The Labute approximate surface area is 232 Å². The summed E-state index contributed by atoms with van der Waals surface area (Å²) in [6.07, 6.45) is -8.49. The van der Waals surface area contributed by atoms with Crippen LogP contribution in [0.25, 0.3) is 0 Å². The molecule has 8 N–H and O–H groups in total. The van der Waals surface area contributed by atoms with E-state index in [0.717, 1.165) is 5.56 Å². The van der Waals surface area contributed by atoms with Gasteiger partial charge in [0.05, 0.1) is 58.4 Å². The minimum absolute atomic E-state index is 0.0487. The van der Waals surface area contributed by atoms with Gasteiger partial charge in [-0.1, -0.05) is 12.1 Å². The van der Waals surface area contributed by atoms with Gasteiger partial charge in [-0.15, -0.1) is 0 Å². The summed E-state index contributed by atoms with van der Waals surface area (Å²) in [7, 11) is 0. The van der Waals surface area contributed by atoms with Crippen LogP contribution in [0.4, 0.5) is 5.69 Å². The van der Waals surface area contributed by atoms with Gasteiger partial charge in [-0.2, -0.15) is 0 Å². The summed E-state index contributed by atoms with van der Waals surface area (Å²) in [5.41, 5.74) is 1.92. The molecular weight excluding hydrogens is 532 g/mol. The van der Waals surface area contributed by atoms with Crippen LogP contribution in [0.3, 0.4) is 0 Å². The largest absolute Gasteiger partial charge is 0.493 e. The first-order chi connectivity index (χ1) is 19.3. The molecule has 1 aliphatic carbocycles. The second kappa shape index (κ2) is 16.2. The topological polar surface area (TPSA) is 209 Å². The van der Waals surface area contributed by atoms with Crippen molar-refractivity contribution in [3.05, 3.63) is 41.3 Å². The number of hydrogen-bond acceptors (Lipinski definition) is 13. The van der Waals surface area contributed by atoms with E-state index in [1.165, 1.54) is 0 Å². The van der Waals surface area contributed by atoms with Crippen molar-refractivity contribution in [1.82, 2.24) is 5.32 Å². The fourth-order valence-electron chi connectivity index (χ4n) is 4.09. The molecule has 0 spiro atoms. The zero-order valence-electron chi connectivity index (χ0n) is 22.3. The third-order valence-corrected chi connectivity index (χ3v) is 6.33. The molecule has 3 rings (SSSR count). The van der Waals surface area contributed by atoms with Gasteiger partial charge in [0.15, 0.2) is 6.29 Å². The summed E-state index contributed by atoms with van der Waals surface area (Å²) in [5, 5.41) is 64.0.